The van der Waals surface area contributed by atoms with Crippen LogP contribution in [-0.2, 0) is 11.0 Å². The second kappa shape index (κ2) is 6.47. The summed E-state index contributed by atoms with van der Waals surface area (Å²) in [6.45, 7) is 0. The van der Waals surface area contributed by atoms with Crippen molar-refractivity contribution in [1.82, 2.24) is 0 Å². The summed E-state index contributed by atoms with van der Waals surface area (Å²) < 4.78 is 37.8. The monoisotopic (exact) mass is 300 g/mol. The SMILES string of the molecule is N[C@H]1CC[C@H](CC(=O)Nc2cccc(C(F)(F)F)c2)CC1. The highest BCUT2D eigenvalue weighted by atomic mass is 19.4. The first-order valence-electron chi connectivity index (χ1n) is 7.07. The fourth-order valence-electron chi connectivity index (χ4n) is 2.64. The molecule has 1 aliphatic carbocycles. The van der Waals surface area contributed by atoms with E-state index in [1.165, 1.54) is 12.1 Å². The first-order chi connectivity index (χ1) is 9.84. The number of benzene rings is 1. The fourth-order valence-corrected chi connectivity index (χ4v) is 2.64. The molecule has 0 atom stereocenters. The van der Waals surface area contributed by atoms with Crippen molar-refractivity contribution < 1.29 is 18.0 Å². The lowest BCUT2D eigenvalue weighted by Crippen LogP contribution is -2.28. The minimum atomic E-state index is -4.40. The van der Waals surface area contributed by atoms with Crippen molar-refractivity contribution >= 4 is 11.6 Å². The van der Waals surface area contributed by atoms with Crippen LogP contribution in [0, 0.1) is 5.92 Å². The Labute approximate surface area is 121 Å². The van der Waals surface area contributed by atoms with Crippen LogP contribution in [0.15, 0.2) is 24.3 Å². The summed E-state index contributed by atoms with van der Waals surface area (Å²) in [6.07, 6.45) is -0.458. The van der Waals surface area contributed by atoms with E-state index >= 15 is 0 Å². The van der Waals surface area contributed by atoms with E-state index < -0.39 is 11.7 Å². The van der Waals surface area contributed by atoms with Crippen LogP contribution < -0.4 is 11.1 Å². The first-order valence-corrected chi connectivity index (χ1v) is 7.07. The number of nitrogens with one attached hydrogen (secondary N) is 1. The number of hydrogen-bond donors (Lipinski definition) is 2. The summed E-state index contributed by atoms with van der Waals surface area (Å²) in [6, 6.07) is 4.90. The molecule has 0 aromatic heterocycles. The number of anilines is 1. The molecule has 0 heterocycles. The molecule has 0 spiro atoms. The highest BCUT2D eigenvalue weighted by Crippen LogP contribution is 2.31. The Morgan fingerprint density at radius 1 is 1.24 bits per heavy atom. The second-order valence-corrected chi connectivity index (χ2v) is 5.61. The van der Waals surface area contributed by atoms with E-state index in [0.717, 1.165) is 37.8 Å². The second-order valence-electron chi connectivity index (χ2n) is 5.61. The Bertz CT molecular complexity index is 494. The van der Waals surface area contributed by atoms with Gasteiger partial charge in [0.25, 0.3) is 0 Å². The summed E-state index contributed by atoms with van der Waals surface area (Å²) in [5, 5.41) is 2.54. The molecule has 6 heteroatoms. The molecule has 1 saturated carbocycles. The van der Waals surface area contributed by atoms with E-state index in [4.69, 9.17) is 5.73 Å². The molecule has 2 rings (SSSR count). The van der Waals surface area contributed by atoms with E-state index in [-0.39, 0.29) is 23.6 Å². The zero-order valence-electron chi connectivity index (χ0n) is 11.6. The molecule has 1 amide bonds. The molecule has 116 valence electrons. The molecule has 0 saturated heterocycles. The van der Waals surface area contributed by atoms with Gasteiger partial charge in [0, 0.05) is 18.2 Å². The third-order valence-electron chi connectivity index (χ3n) is 3.84. The topological polar surface area (TPSA) is 55.1 Å². The number of hydrogen-bond acceptors (Lipinski definition) is 2. The molecule has 3 N–H and O–H groups in total. The van der Waals surface area contributed by atoms with Crippen molar-refractivity contribution in [2.75, 3.05) is 5.32 Å². The van der Waals surface area contributed by atoms with Gasteiger partial charge >= 0.3 is 6.18 Å². The Morgan fingerprint density at radius 3 is 2.52 bits per heavy atom. The molecule has 0 unspecified atom stereocenters. The Kier molecular flexibility index (Phi) is 4.88. The number of rotatable bonds is 3. The van der Waals surface area contributed by atoms with Crippen LogP contribution >= 0.6 is 0 Å². The lowest BCUT2D eigenvalue weighted by atomic mass is 9.84. The van der Waals surface area contributed by atoms with Crippen LogP contribution in [0.2, 0.25) is 0 Å². The third-order valence-corrected chi connectivity index (χ3v) is 3.84. The smallest absolute Gasteiger partial charge is 0.328 e. The van der Waals surface area contributed by atoms with E-state index in [1.54, 1.807) is 0 Å². The maximum absolute atomic E-state index is 12.6. The molecule has 1 aromatic carbocycles. The van der Waals surface area contributed by atoms with Crippen LogP contribution in [0.5, 0.6) is 0 Å². The fraction of sp³-hybridized carbons (Fsp3) is 0.533. The lowest BCUT2D eigenvalue weighted by molar-refractivity contribution is -0.137. The predicted molar refractivity (Wildman–Crippen MR) is 74.6 cm³/mol. The van der Waals surface area contributed by atoms with Gasteiger partial charge in [-0.15, -0.1) is 0 Å². The van der Waals surface area contributed by atoms with Gasteiger partial charge in [0.2, 0.25) is 5.91 Å². The Balaban J connectivity index is 1.91. The van der Waals surface area contributed by atoms with Gasteiger partial charge in [-0.05, 0) is 49.8 Å². The van der Waals surface area contributed by atoms with E-state index in [0.29, 0.717) is 6.42 Å². The predicted octanol–water partition coefficient (Wildman–Crippen LogP) is 3.55. The largest absolute Gasteiger partial charge is 0.416 e. The summed E-state index contributed by atoms with van der Waals surface area (Å²) in [5.74, 6) is 0.0328. The van der Waals surface area contributed by atoms with Gasteiger partial charge in [0.15, 0.2) is 0 Å². The summed E-state index contributed by atoms with van der Waals surface area (Å²) in [4.78, 5) is 11.9. The van der Waals surface area contributed by atoms with Crippen LogP contribution in [0.4, 0.5) is 18.9 Å². The van der Waals surface area contributed by atoms with Crippen molar-refractivity contribution in [3.63, 3.8) is 0 Å². The van der Waals surface area contributed by atoms with Crippen LogP contribution in [-0.4, -0.2) is 11.9 Å². The zero-order valence-corrected chi connectivity index (χ0v) is 11.6. The van der Waals surface area contributed by atoms with Gasteiger partial charge in [-0.2, -0.15) is 13.2 Å². The van der Waals surface area contributed by atoms with Crippen LogP contribution in [0.25, 0.3) is 0 Å². The maximum Gasteiger partial charge on any atom is 0.416 e. The van der Waals surface area contributed by atoms with Gasteiger partial charge < -0.3 is 11.1 Å². The Hall–Kier alpha value is -1.56. The number of carbonyl (C=O) groups is 1. The van der Waals surface area contributed by atoms with Crippen molar-refractivity contribution in [2.24, 2.45) is 11.7 Å². The van der Waals surface area contributed by atoms with Gasteiger partial charge in [-0.25, -0.2) is 0 Å². The highest BCUT2D eigenvalue weighted by molar-refractivity contribution is 5.90. The normalized spacial score (nSPS) is 22.9. The van der Waals surface area contributed by atoms with Crippen LogP contribution in [0.3, 0.4) is 0 Å². The summed E-state index contributed by atoms with van der Waals surface area (Å²) in [5.41, 5.74) is 5.22. The molecule has 21 heavy (non-hydrogen) atoms. The number of halogens is 3. The van der Waals surface area contributed by atoms with E-state index in [1.807, 2.05) is 0 Å². The third kappa shape index (κ3) is 4.74. The molecule has 0 aliphatic heterocycles. The number of alkyl halides is 3. The number of carbonyl (C=O) groups excluding carboxylic acids is 1. The summed E-state index contributed by atoms with van der Waals surface area (Å²) >= 11 is 0. The molecule has 1 aliphatic rings. The average molecular weight is 300 g/mol. The van der Waals surface area contributed by atoms with Crippen molar-refractivity contribution in [2.45, 2.75) is 44.3 Å². The lowest BCUT2D eigenvalue weighted by Gasteiger charge is -2.25. The van der Waals surface area contributed by atoms with Crippen LogP contribution in [0.1, 0.15) is 37.7 Å². The minimum absolute atomic E-state index is 0.183. The quantitative estimate of drug-likeness (QED) is 0.897. The van der Waals surface area contributed by atoms with Crippen molar-refractivity contribution in [3.8, 4) is 0 Å². The van der Waals surface area contributed by atoms with E-state index in [9.17, 15) is 18.0 Å². The molecule has 3 nitrogen and oxygen atoms in total. The first kappa shape index (κ1) is 15.8. The number of amides is 1. The Morgan fingerprint density at radius 2 is 1.90 bits per heavy atom. The molecule has 0 radical (unpaired) electrons. The van der Waals surface area contributed by atoms with Gasteiger partial charge in [0.1, 0.15) is 0 Å². The van der Waals surface area contributed by atoms with Crippen molar-refractivity contribution in [1.29, 1.82) is 0 Å². The van der Waals surface area contributed by atoms with Gasteiger partial charge in [0.05, 0.1) is 5.56 Å². The zero-order chi connectivity index (χ0) is 15.5. The molecular formula is C15H19F3N2O. The van der Waals surface area contributed by atoms with E-state index in [2.05, 4.69) is 5.32 Å². The van der Waals surface area contributed by atoms with Gasteiger partial charge in [-0.3, -0.25) is 4.79 Å². The standard InChI is InChI=1S/C15H19F3N2O/c16-15(17,18)11-2-1-3-13(9-11)20-14(21)8-10-4-6-12(19)7-5-10/h1-3,9-10,12H,4-8,19H2,(H,20,21)/t10-,12-. The highest BCUT2D eigenvalue weighted by Gasteiger charge is 2.30. The van der Waals surface area contributed by atoms with Gasteiger partial charge in [-0.1, -0.05) is 6.07 Å². The van der Waals surface area contributed by atoms with Crippen molar-refractivity contribution in [3.05, 3.63) is 29.8 Å². The molecule has 0 bridgehead atoms. The summed E-state index contributed by atoms with van der Waals surface area (Å²) in [7, 11) is 0. The average Bonchev–Trinajstić information content (AvgIpc) is 2.41. The minimum Gasteiger partial charge on any atom is -0.328 e. The molecule has 1 aromatic rings. The number of nitrogens with two attached hydrogens (primary N) is 1. The molecular weight excluding hydrogens is 281 g/mol. The molecule has 1 fully saturated rings. The maximum atomic E-state index is 12.6.